The van der Waals surface area contributed by atoms with Crippen LogP contribution >= 0.6 is 0 Å². The summed E-state index contributed by atoms with van der Waals surface area (Å²) >= 11 is 0. The average molecular weight is 596 g/mol. The van der Waals surface area contributed by atoms with Crippen molar-refractivity contribution in [2.75, 3.05) is 6.54 Å². The lowest BCUT2D eigenvalue weighted by molar-refractivity contribution is -0.148. The molecule has 1 amide bonds. The number of aliphatic hydroxyl groups is 1. The van der Waals surface area contributed by atoms with Gasteiger partial charge in [-0.15, -0.1) is 0 Å². The first-order valence-electron chi connectivity index (χ1n) is 16.1. The SMILES string of the molecule is CCCCC[C@H](O)C[C@@H](CCc1cc(CN2C[C@@H](Cc3ccc(O)cc3)CC2=O)c(O)c(OC2CCCC2)c1)OC(C)=O. The maximum atomic E-state index is 13.0. The average Bonchev–Trinajstić information content (AvgIpc) is 3.60. The molecule has 0 bridgehead atoms. The van der Waals surface area contributed by atoms with Gasteiger partial charge in [-0.1, -0.05) is 44.4 Å². The number of aryl methyl sites for hydroxylation is 1. The molecular formula is C35H49NO7. The van der Waals surface area contributed by atoms with E-state index >= 15 is 0 Å². The van der Waals surface area contributed by atoms with Crippen LogP contribution in [0, 0.1) is 5.92 Å². The normalized spacial score (nSPS) is 18.6. The zero-order chi connectivity index (χ0) is 30.8. The van der Waals surface area contributed by atoms with Gasteiger partial charge in [0.1, 0.15) is 11.9 Å². The standard InChI is InChI=1S/C35H49NO7/c1-3-4-5-8-30(39)21-32(42-24(2)37)16-13-26-18-28(35(41)33(19-26)43-31-9-6-7-10-31)23-36-22-27(20-34(36)40)17-25-11-14-29(38)15-12-25/h11-12,14-15,18-19,27,30-32,38-39,41H,3-10,13,16-17,20-23H2,1-2H3/t27-,30-,32+/m0/s1. The molecule has 1 saturated carbocycles. The molecule has 2 fully saturated rings. The highest BCUT2D eigenvalue weighted by atomic mass is 16.5. The van der Waals surface area contributed by atoms with E-state index in [1.807, 2.05) is 24.3 Å². The fraction of sp³-hybridized carbons (Fsp3) is 0.600. The molecule has 236 valence electrons. The summed E-state index contributed by atoms with van der Waals surface area (Å²) in [6, 6.07) is 10.9. The number of esters is 1. The predicted octanol–water partition coefficient (Wildman–Crippen LogP) is 6.21. The number of hydrogen-bond donors (Lipinski definition) is 3. The third-order valence-corrected chi connectivity index (χ3v) is 8.69. The number of aromatic hydroxyl groups is 2. The monoisotopic (exact) mass is 595 g/mol. The van der Waals surface area contributed by atoms with Gasteiger partial charge in [-0.2, -0.15) is 0 Å². The number of likely N-dealkylation sites (tertiary alicyclic amines) is 1. The maximum absolute atomic E-state index is 13.0. The fourth-order valence-corrected chi connectivity index (χ4v) is 6.42. The van der Waals surface area contributed by atoms with E-state index in [-0.39, 0.29) is 41.9 Å². The molecule has 0 spiro atoms. The second kappa shape index (κ2) is 16.0. The molecule has 43 heavy (non-hydrogen) atoms. The number of benzene rings is 2. The van der Waals surface area contributed by atoms with Gasteiger partial charge in [-0.25, -0.2) is 0 Å². The highest BCUT2D eigenvalue weighted by Crippen LogP contribution is 2.37. The van der Waals surface area contributed by atoms with Gasteiger partial charge in [0.25, 0.3) is 0 Å². The van der Waals surface area contributed by atoms with Crippen molar-refractivity contribution < 1.29 is 34.4 Å². The number of aliphatic hydroxyl groups excluding tert-OH is 1. The quantitative estimate of drug-likeness (QED) is 0.156. The van der Waals surface area contributed by atoms with E-state index in [0.717, 1.165) is 62.5 Å². The lowest BCUT2D eigenvalue weighted by Gasteiger charge is -2.23. The van der Waals surface area contributed by atoms with E-state index in [4.69, 9.17) is 9.47 Å². The Morgan fingerprint density at radius 1 is 1.05 bits per heavy atom. The van der Waals surface area contributed by atoms with Gasteiger partial charge in [0.2, 0.25) is 5.91 Å². The first kappa shape index (κ1) is 32.6. The Morgan fingerprint density at radius 3 is 2.49 bits per heavy atom. The van der Waals surface area contributed by atoms with Crippen LogP contribution in [0.1, 0.15) is 101 Å². The van der Waals surface area contributed by atoms with E-state index < -0.39 is 12.2 Å². The van der Waals surface area contributed by atoms with Crippen LogP contribution in [-0.4, -0.2) is 57.0 Å². The van der Waals surface area contributed by atoms with Crippen molar-refractivity contribution in [2.24, 2.45) is 5.92 Å². The number of amides is 1. The minimum Gasteiger partial charge on any atom is -0.508 e. The molecule has 1 aliphatic heterocycles. The number of unbranched alkanes of at least 4 members (excludes halogenated alkanes) is 2. The third-order valence-electron chi connectivity index (χ3n) is 8.69. The van der Waals surface area contributed by atoms with Crippen molar-refractivity contribution in [3.63, 3.8) is 0 Å². The molecule has 0 aromatic heterocycles. The number of carbonyl (C=O) groups is 2. The van der Waals surface area contributed by atoms with Crippen molar-refractivity contribution in [1.82, 2.24) is 4.90 Å². The molecule has 0 unspecified atom stereocenters. The van der Waals surface area contributed by atoms with Crippen LogP contribution in [0.5, 0.6) is 17.2 Å². The number of ether oxygens (including phenoxy) is 2. The highest BCUT2D eigenvalue weighted by molar-refractivity contribution is 5.78. The van der Waals surface area contributed by atoms with Crippen LogP contribution < -0.4 is 4.74 Å². The number of carbonyl (C=O) groups excluding carboxylic acids is 2. The first-order valence-corrected chi connectivity index (χ1v) is 16.1. The molecule has 1 saturated heterocycles. The molecule has 4 rings (SSSR count). The van der Waals surface area contributed by atoms with Crippen molar-refractivity contribution in [3.05, 3.63) is 53.1 Å². The second-order valence-corrected chi connectivity index (χ2v) is 12.5. The van der Waals surface area contributed by atoms with Gasteiger partial charge in [-0.05, 0) is 86.6 Å². The van der Waals surface area contributed by atoms with Crippen molar-refractivity contribution in [2.45, 2.75) is 122 Å². The van der Waals surface area contributed by atoms with Gasteiger partial charge in [0, 0.05) is 38.4 Å². The Kier molecular flexibility index (Phi) is 12.1. The summed E-state index contributed by atoms with van der Waals surface area (Å²) < 4.78 is 11.9. The Bertz CT molecular complexity index is 1190. The van der Waals surface area contributed by atoms with Crippen LogP contribution in [0.2, 0.25) is 0 Å². The van der Waals surface area contributed by atoms with E-state index in [1.165, 1.54) is 6.92 Å². The van der Waals surface area contributed by atoms with Gasteiger partial charge >= 0.3 is 5.97 Å². The molecule has 0 radical (unpaired) electrons. The van der Waals surface area contributed by atoms with Crippen LogP contribution in [-0.2, 0) is 33.7 Å². The number of phenols is 2. The zero-order valence-corrected chi connectivity index (χ0v) is 25.8. The molecule has 8 nitrogen and oxygen atoms in total. The lowest BCUT2D eigenvalue weighted by atomic mass is 9.98. The summed E-state index contributed by atoms with van der Waals surface area (Å²) in [6.45, 7) is 4.40. The molecule has 3 N–H and O–H groups in total. The van der Waals surface area contributed by atoms with Crippen LogP contribution in [0.15, 0.2) is 36.4 Å². The Labute approximate surface area is 256 Å². The second-order valence-electron chi connectivity index (χ2n) is 12.5. The minimum atomic E-state index is -0.525. The summed E-state index contributed by atoms with van der Waals surface area (Å²) in [5, 5.41) is 31.4. The summed E-state index contributed by atoms with van der Waals surface area (Å²) in [4.78, 5) is 26.6. The minimum absolute atomic E-state index is 0.0545. The number of rotatable bonds is 16. The van der Waals surface area contributed by atoms with E-state index in [0.29, 0.717) is 50.0 Å². The number of nitrogens with zero attached hydrogens (tertiary/aromatic N) is 1. The topological polar surface area (TPSA) is 117 Å². The van der Waals surface area contributed by atoms with Crippen molar-refractivity contribution >= 4 is 11.9 Å². The maximum Gasteiger partial charge on any atom is 0.302 e. The van der Waals surface area contributed by atoms with Crippen LogP contribution in [0.4, 0.5) is 0 Å². The van der Waals surface area contributed by atoms with E-state index in [2.05, 4.69) is 6.92 Å². The number of hydrogen-bond acceptors (Lipinski definition) is 7. The molecule has 2 aromatic rings. The third kappa shape index (κ3) is 10.2. The predicted molar refractivity (Wildman–Crippen MR) is 165 cm³/mol. The van der Waals surface area contributed by atoms with E-state index in [9.17, 15) is 24.9 Å². The van der Waals surface area contributed by atoms with Gasteiger partial charge in [0.05, 0.1) is 12.2 Å². The summed E-state index contributed by atoms with van der Waals surface area (Å²) in [5.41, 5.74) is 2.66. The molecular weight excluding hydrogens is 546 g/mol. The molecule has 2 aromatic carbocycles. The highest BCUT2D eigenvalue weighted by Gasteiger charge is 2.31. The summed E-state index contributed by atoms with van der Waals surface area (Å²) in [7, 11) is 0. The molecule has 2 aliphatic rings. The smallest absolute Gasteiger partial charge is 0.302 e. The zero-order valence-electron chi connectivity index (χ0n) is 25.8. The van der Waals surface area contributed by atoms with Crippen molar-refractivity contribution in [3.8, 4) is 17.2 Å². The summed E-state index contributed by atoms with van der Waals surface area (Å²) in [5.74, 6) is 0.588. The Morgan fingerprint density at radius 2 is 1.79 bits per heavy atom. The van der Waals surface area contributed by atoms with Crippen LogP contribution in [0.3, 0.4) is 0 Å². The summed E-state index contributed by atoms with van der Waals surface area (Å²) in [6.07, 6.45) is 9.70. The Balaban J connectivity index is 1.46. The van der Waals surface area contributed by atoms with Crippen molar-refractivity contribution in [1.29, 1.82) is 0 Å². The largest absolute Gasteiger partial charge is 0.508 e. The molecule has 1 aliphatic carbocycles. The van der Waals surface area contributed by atoms with Crippen LogP contribution in [0.25, 0.3) is 0 Å². The van der Waals surface area contributed by atoms with E-state index in [1.54, 1.807) is 17.0 Å². The number of phenolic OH excluding ortho intramolecular Hbond substituents is 2. The molecule has 3 atom stereocenters. The van der Waals surface area contributed by atoms with Gasteiger partial charge < -0.3 is 29.7 Å². The lowest BCUT2D eigenvalue weighted by Crippen LogP contribution is -2.25. The van der Waals surface area contributed by atoms with Gasteiger partial charge in [-0.3, -0.25) is 9.59 Å². The molecule has 8 heteroatoms. The fourth-order valence-electron chi connectivity index (χ4n) is 6.42. The van der Waals surface area contributed by atoms with Gasteiger partial charge in [0.15, 0.2) is 11.5 Å². The first-order chi connectivity index (χ1) is 20.7. The molecule has 1 heterocycles. The Hall–Kier alpha value is -3.26.